The van der Waals surface area contributed by atoms with Gasteiger partial charge in [-0.15, -0.1) is 11.3 Å². The van der Waals surface area contributed by atoms with Crippen LogP contribution in [0.4, 0.5) is 16.2 Å². The zero-order chi connectivity index (χ0) is 21.2. The van der Waals surface area contributed by atoms with Gasteiger partial charge in [0.2, 0.25) is 0 Å². The topological polar surface area (TPSA) is 69.0 Å². The fourth-order valence-electron chi connectivity index (χ4n) is 4.10. The van der Waals surface area contributed by atoms with E-state index in [4.69, 9.17) is 4.42 Å². The summed E-state index contributed by atoms with van der Waals surface area (Å²) in [6, 6.07) is 13.5. The third-order valence-electron chi connectivity index (χ3n) is 5.88. The number of hydrogen-bond acceptors (Lipinski definition) is 5. The van der Waals surface area contributed by atoms with E-state index in [9.17, 15) is 9.59 Å². The molecule has 3 amide bonds. The van der Waals surface area contributed by atoms with E-state index in [-0.39, 0.29) is 11.9 Å². The lowest BCUT2D eigenvalue weighted by atomic mass is 10.1. The normalized spacial score (nSPS) is 16.2. The van der Waals surface area contributed by atoms with E-state index < -0.39 is 0 Å². The number of rotatable bonds is 3. The van der Waals surface area contributed by atoms with Gasteiger partial charge >= 0.3 is 6.03 Å². The molecule has 1 aromatic carbocycles. The Labute approximate surface area is 184 Å². The number of nitrogens with zero attached hydrogens (tertiary/aromatic N) is 3. The Morgan fingerprint density at radius 1 is 0.935 bits per heavy atom. The van der Waals surface area contributed by atoms with Gasteiger partial charge in [-0.2, -0.15) is 0 Å². The Hall–Kier alpha value is -3.26. The van der Waals surface area contributed by atoms with Crippen molar-refractivity contribution in [1.29, 1.82) is 0 Å². The van der Waals surface area contributed by atoms with Crippen molar-refractivity contribution in [3.63, 3.8) is 0 Å². The zero-order valence-corrected chi connectivity index (χ0v) is 17.9. The van der Waals surface area contributed by atoms with Crippen molar-refractivity contribution < 1.29 is 14.0 Å². The molecule has 1 fully saturated rings. The molecule has 1 saturated heterocycles. The molecule has 0 saturated carbocycles. The quantitative estimate of drug-likeness (QED) is 0.676. The van der Waals surface area contributed by atoms with Crippen molar-refractivity contribution in [3.05, 3.63) is 70.3 Å². The number of piperazine rings is 1. The van der Waals surface area contributed by atoms with Crippen LogP contribution in [0.1, 0.15) is 21.0 Å². The number of fused-ring (bicyclic) bond motifs is 1. The van der Waals surface area contributed by atoms with Gasteiger partial charge in [-0.25, -0.2) is 4.79 Å². The summed E-state index contributed by atoms with van der Waals surface area (Å²) < 4.78 is 5.18. The average Bonchev–Trinajstić information content (AvgIpc) is 3.51. The fourth-order valence-corrected chi connectivity index (χ4v) is 4.99. The standard InChI is InChI=1S/C23H24N4O3S/c28-22(20-2-1-14-30-20)25-10-12-26(13-11-25)23(29)24-18-3-5-19(6-4-18)27-9-7-21-17(16-27)8-15-31-21/h1-6,8,14-15H,7,9-13,16H2,(H,24,29). The van der Waals surface area contributed by atoms with E-state index in [1.165, 1.54) is 22.4 Å². The zero-order valence-electron chi connectivity index (χ0n) is 17.1. The molecule has 0 spiro atoms. The van der Waals surface area contributed by atoms with E-state index in [2.05, 4.69) is 33.8 Å². The Balaban J connectivity index is 1.14. The second kappa shape index (κ2) is 8.47. The van der Waals surface area contributed by atoms with Crippen LogP contribution in [0.5, 0.6) is 0 Å². The molecule has 4 heterocycles. The van der Waals surface area contributed by atoms with Crippen LogP contribution in [0, 0.1) is 0 Å². The first-order valence-corrected chi connectivity index (χ1v) is 11.3. The van der Waals surface area contributed by atoms with Crippen LogP contribution in [0.15, 0.2) is 58.5 Å². The third kappa shape index (κ3) is 4.16. The average molecular weight is 437 g/mol. The van der Waals surface area contributed by atoms with Gasteiger partial charge in [0.15, 0.2) is 5.76 Å². The van der Waals surface area contributed by atoms with Crippen molar-refractivity contribution in [1.82, 2.24) is 9.80 Å². The number of nitrogens with one attached hydrogen (secondary N) is 1. The van der Waals surface area contributed by atoms with Gasteiger partial charge in [0.1, 0.15) is 0 Å². The lowest BCUT2D eigenvalue weighted by Gasteiger charge is -2.34. The van der Waals surface area contributed by atoms with Crippen LogP contribution >= 0.6 is 11.3 Å². The van der Waals surface area contributed by atoms with E-state index in [1.54, 1.807) is 21.9 Å². The molecule has 0 unspecified atom stereocenters. The monoisotopic (exact) mass is 436 g/mol. The molecular formula is C23H24N4O3S. The molecule has 160 valence electrons. The van der Waals surface area contributed by atoms with Gasteiger partial charge in [-0.3, -0.25) is 4.79 Å². The molecule has 1 N–H and O–H groups in total. The number of benzene rings is 1. The van der Waals surface area contributed by atoms with Gasteiger partial charge in [-0.1, -0.05) is 0 Å². The Kier molecular flexibility index (Phi) is 5.38. The smallest absolute Gasteiger partial charge is 0.321 e. The molecule has 0 atom stereocenters. The molecule has 0 radical (unpaired) electrons. The summed E-state index contributed by atoms with van der Waals surface area (Å²) in [5.74, 6) is 0.204. The van der Waals surface area contributed by atoms with Crippen molar-refractivity contribution in [2.75, 3.05) is 42.9 Å². The highest BCUT2D eigenvalue weighted by Crippen LogP contribution is 2.28. The lowest BCUT2D eigenvalue weighted by molar-refractivity contribution is 0.0640. The minimum atomic E-state index is -0.140. The number of amides is 3. The van der Waals surface area contributed by atoms with Gasteiger partial charge in [-0.05, 0) is 59.8 Å². The molecule has 8 heteroatoms. The van der Waals surface area contributed by atoms with Crippen molar-refractivity contribution in [2.45, 2.75) is 13.0 Å². The van der Waals surface area contributed by atoms with E-state index in [0.29, 0.717) is 31.9 Å². The highest BCUT2D eigenvalue weighted by atomic mass is 32.1. The minimum absolute atomic E-state index is 0.132. The van der Waals surface area contributed by atoms with E-state index in [1.807, 2.05) is 23.5 Å². The highest BCUT2D eigenvalue weighted by molar-refractivity contribution is 7.10. The third-order valence-corrected chi connectivity index (χ3v) is 6.90. The molecule has 7 nitrogen and oxygen atoms in total. The first-order valence-electron chi connectivity index (χ1n) is 10.5. The highest BCUT2D eigenvalue weighted by Gasteiger charge is 2.26. The maximum Gasteiger partial charge on any atom is 0.321 e. The molecule has 0 bridgehead atoms. The van der Waals surface area contributed by atoms with Crippen LogP contribution < -0.4 is 10.2 Å². The maximum atomic E-state index is 12.7. The molecule has 5 rings (SSSR count). The molecule has 2 aromatic heterocycles. The van der Waals surface area contributed by atoms with Crippen molar-refractivity contribution in [2.24, 2.45) is 0 Å². The lowest BCUT2D eigenvalue weighted by Crippen LogP contribution is -2.51. The summed E-state index contributed by atoms with van der Waals surface area (Å²) in [7, 11) is 0. The molecule has 2 aliphatic heterocycles. The predicted octanol–water partition coefficient (Wildman–Crippen LogP) is 3.89. The molecule has 31 heavy (non-hydrogen) atoms. The first kappa shape index (κ1) is 19.7. The van der Waals surface area contributed by atoms with Gasteiger partial charge < -0.3 is 24.4 Å². The molecule has 2 aliphatic rings. The van der Waals surface area contributed by atoms with Crippen molar-refractivity contribution >= 4 is 34.6 Å². The SMILES string of the molecule is O=C(Nc1ccc(N2CCc3sccc3C2)cc1)N1CCN(C(=O)c2ccco2)CC1. The predicted molar refractivity (Wildman–Crippen MR) is 121 cm³/mol. The number of hydrogen-bond donors (Lipinski definition) is 1. The van der Waals surface area contributed by atoms with Crippen LogP contribution in [0.3, 0.4) is 0 Å². The van der Waals surface area contributed by atoms with Gasteiger partial charge in [0.05, 0.1) is 6.26 Å². The fraction of sp³-hybridized carbons (Fsp3) is 0.304. The van der Waals surface area contributed by atoms with Gasteiger partial charge in [0, 0.05) is 55.5 Å². The summed E-state index contributed by atoms with van der Waals surface area (Å²) in [6.45, 7) is 3.92. The van der Waals surface area contributed by atoms with E-state index in [0.717, 1.165) is 25.2 Å². The Morgan fingerprint density at radius 2 is 1.71 bits per heavy atom. The number of anilines is 2. The van der Waals surface area contributed by atoms with Crippen LogP contribution in [0.25, 0.3) is 0 Å². The number of carbonyl (C=O) groups is 2. The second-order valence-corrected chi connectivity index (χ2v) is 8.77. The Bertz CT molecular complexity index is 1050. The largest absolute Gasteiger partial charge is 0.459 e. The van der Waals surface area contributed by atoms with Gasteiger partial charge in [0.25, 0.3) is 5.91 Å². The summed E-state index contributed by atoms with van der Waals surface area (Å²) in [6.07, 6.45) is 2.58. The Morgan fingerprint density at radius 3 is 2.45 bits per heavy atom. The van der Waals surface area contributed by atoms with Crippen LogP contribution in [-0.4, -0.2) is 54.5 Å². The second-order valence-electron chi connectivity index (χ2n) is 7.77. The molecule has 3 aromatic rings. The number of urea groups is 1. The van der Waals surface area contributed by atoms with Crippen LogP contribution in [0.2, 0.25) is 0 Å². The maximum absolute atomic E-state index is 12.7. The number of furan rings is 1. The minimum Gasteiger partial charge on any atom is -0.459 e. The summed E-state index contributed by atoms with van der Waals surface area (Å²) in [4.78, 5) is 32.3. The first-order chi connectivity index (χ1) is 15.2. The van der Waals surface area contributed by atoms with Crippen LogP contribution in [-0.2, 0) is 13.0 Å². The summed E-state index contributed by atoms with van der Waals surface area (Å²) >= 11 is 1.84. The number of carbonyl (C=O) groups excluding carboxylic acids is 2. The number of thiophene rings is 1. The van der Waals surface area contributed by atoms with Crippen molar-refractivity contribution in [3.8, 4) is 0 Å². The van der Waals surface area contributed by atoms with E-state index >= 15 is 0 Å². The molecular weight excluding hydrogens is 412 g/mol. The molecule has 0 aliphatic carbocycles. The summed E-state index contributed by atoms with van der Waals surface area (Å²) in [5, 5.41) is 5.14. The summed E-state index contributed by atoms with van der Waals surface area (Å²) in [5.41, 5.74) is 3.36.